The molecule has 0 unspecified atom stereocenters. The fourth-order valence-corrected chi connectivity index (χ4v) is 3.45. The quantitative estimate of drug-likeness (QED) is 0.445. The SMILES string of the molecule is COc1cc2c(=O)c(C(=O)c3ccc(F)cc3)cn(Cc3ccncc3)c2cc1OC. The molecule has 0 bridgehead atoms. The van der Waals surface area contributed by atoms with Gasteiger partial charge in [0, 0.05) is 36.8 Å². The van der Waals surface area contributed by atoms with E-state index >= 15 is 0 Å². The minimum absolute atomic E-state index is 0.0135. The number of pyridine rings is 2. The van der Waals surface area contributed by atoms with Gasteiger partial charge in [0.25, 0.3) is 0 Å². The predicted octanol–water partition coefficient (Wildman–Crippen LogP) is 3.83. The summed E-state index contributed by atoms with van der Waals surface area (Å²) >= 11 is 0. The molecule has 7 heteroatoms. The first kappa shape index (κ1) is 20.3. The van der Waals surface area contributed by atoms with Crippen LogP contribution in [0.1, 0.15) is 21.5 Å². The van der Waals surface area contributed by atoms with E-state index in [0.717, 1.165) is 5.56 Å². The van der Waals surface area contributed by atoms with Crippen LogP contribution in [0.25, 0.3) is 10.9 Å². The number of ketones is 1. The lowest BCUT2D eigenvalue weighted by atomic mass is 10.0. The van der Waals surface area contributed by atoms with Crippen LogP contribution in [0.15, 0.2) is 71.9 Å². The molecule has 0 aliphatic carbocycles. The van der Waals surface area contributed by atoms with Crippen LogP contribution < -0.4 is 14.9 Å². The number of hydrogen-bond acceptors (Lipinski definition) is 5. The first-order chi connectivity index (χ1) is 15.0. The van der Waals surface area contributed by atoms with Crippen LogP contribution in [0.4, 0.5) is 4.39 Å². The number of hydrogen-bond donors (Lipinski definition) is 0. The number of nitrogens with zero attached hydrogens (tertiary/aromatic N) is 2. The van der Waals surface area contributed by atoms with Crippen molar-refractivity contribution in [3.63, 3.8) is 0 Å². The Morgan fingerprint density at radius 2 is 1.65 bits per heavy atom. The molecular formula is C24H19FN2O4. The molecule has 0 radical (unpaired) electrons. The molecule has 4 aromatic rings. The molecule has 0 aliphatic rings. The lowest BCUT2D eigenvalue weighted by Crippen LogP contribution is -2.20. The number of rotatable bonds is 6. The Labute approximate surface area is 177 Å². The monoisotopic (exact) mass is 418 g/mol. The Hall–Kier alpha value is -4.00. The van der Waals surface area contributed by atoms with Gasteiger partial charge in [-0.2, -0.15) is 0 Å². The molecule has 0 aliphatic heterocycles. The summed E-state index contributed by atoms with van der Waals surface area (Å²) in [5.74, 6) is -0.0865. The van der Waals surface area contributed by atoms with Crippen molar-refractivity contribution in [2.75, 3.05) is 14.2 Å². The number of halogens is 1. The molecule has 0 N–H and O–H groups in total. The van der Waals surface area contributed by atoms with Gasteiger partial charge in [0.2, 0.25) is 5.43 Å². The van der Waals surface area contributed by atoms with E-state index in [1.54, 1.807) is 24.5 Å². The molecular weight excluding hydrogens is 399 g/mol. The number of benzene rings is 2. The van der Waals surface area contributed by atoms with Gasteiger partial charge in [-0.3, -0.25) is 14.6 Å². The van der Waals surface area contributed by atoms with E-state index in [-0.39, 0.29) is 11.1 Å². The summed E-state index contributed by atoms with van der Waals surface area (Å²) in [6, 6.07) is 12.1. The highest BCUT2D eigenvalue weighted by Crippen LogP contribution is 2.31. The number of ether oxygens (including phenoxy) is 2. The molecule has 0 atom stereocenters. The molecule has 156 valence electrons. The first-order valence-electron chi connectivity index (χ1n) is 9.50. The fraction of sp³-hybridized carbons (Fsp3) is 0.125. The second kappa shape index (κ2) is 8.39. The smallest absolute Gasteiger partial charge is 0.200 e. The number of carbonyl (C=O) groups is 1. The molecule has 2 heterocycles. The average Bonchev–Trinajstić information content (AvgIpc) is 2.80. The van der Waals surface area contributed by atoms with Crippen LogP contribution in [0.2, 0.25) is 0 Å². The molecule has 2 aromatic carbocycles. The maximum atomic E-state index is 13.3. The molecule has 0 spiro atoms. The van der Waals surface area contributed by atoms with Gasteiger partial charge >= 0.3 is 0 Å². The van der Waals surface area contributed by atoms with Gasteiger partial charge < -0.3 is 14.0 Å². The van der Waals surface area contributed by atoms with Gasteiger partial charge in [0.05, 0.1) is 30.7 Å². The van der Waals surface area contributed by atoms with E-state index < -0.39 is 17.0 Å². The highest BCUT2D eigenvalue weighted by molar-refractivity contribution is 6.10. The van der Waals surface area contributed by atoms with Crippen molar-refractivity contribution in [3.05, 3.63) is 99.9 Å². The van der Waals surface area contributed by atoms with Gasteiger partial charge in [-0.1, -0.05) is 0 Å². The number of fused-ring (bicyclic) bond motifs is 1. The minimum Gasteiger partial charge on any atom is -0.493 e. The number of methoxy groups -OCH3 is 2. The van der Waals surface area contributed by atoms with E-state index in [9.17, 15) is 14.0 Å². The minimum atomic E-state index is -0.481. The van der Waals surface area contributed by atoms with Crippen LogP contribution in [-0.4, -0.2) is 29.6 Å². The molecule has 0 saturated heterocycles. The fourth-order valence-electron chi connectivity index (χ4n) is 3.45. The van der Waals surface area contributed by atoms with E-state index in [0.29, 0.717) is 28.9 Å². The maximum Gasteiger partial charge on any atom is 0.200 e. The Morgan fingerprint density at radius 3 is 2.29 bits per heavy atom. The zero-order valence-corrected chi connectivity index (χ0v) is 17.0. The summed E-state index contributed by atoms with van der Waals surface area (Å²) in [6.45, 7) is 0.401. The van der Waals surface area contributed by atoms with Crippen molar-refractivity contribution >= 4 is 16.7 Å². The van der Waals surface area contributed by atoms with Crippen LogP contribution in [-0.2, 0) is 6.54 Å². The second-order valence-corrected chi connectivity index (χ2v) is 6.92. The summed E-state index contributed by atoms with van der Waals surface area (Å²) in [5, 5.41) is 0.319. The van der Waals surface area contributed by atoms with Crippen molar-refractivity contribution in [1.29, 1.82) is 0 Å². The lowest BCUT2D eigenvalue weighted by Gasteiger charge is -2.16. The Morgan fingerprint density at radius 1 is 1.00 bits per heavy atom. The van der Waals surface area contributed by atoms with Gasteiger partial charge in [0.15, 0.2) is 17.3 Å². The molecule has 6 nitrogen and oxygen atoms in total. The number of aromatic nitrogens is 2. The summed E-state index contributed by atoms with van der Waals surface area (Å²) in [4.78, 5) is 30.4. The Balaban J connectivity index is 1.96. The highest BCUT2D eigenvalue weighted by atomic mass is 19.1. The average molecular weight is 418 g/mol. The van der Waals surface area contributed by atoms with Crippen LogP contribution in [0.5, 0.6) is 11.5 Å². The Kier molecular flexibility index (Phi) is 5.49. The zero-order valence-electron chi connectivity index (χ0n) is 17.0. The second-order valence-electron chi connectivity index (χ2n) is 6.92. The standard InChI is InChI=1S/C24H19FN2O4/c1-30-21-11-18-20(12-22(21)31-2)27(13-15-7-9-26-10-8-15)14-19(24(18)29)23(28)16-3-5-17(25)6-4-16/h3-12,14H,13H2,1-2H3. The van der Waals surface area contributed by atoms with Crippen LogP contribution >= 0.6 is 0 Å². The van der Waals surface area contributed by atoms with Crippen molar-refractivity contribution in [3.8, 4) is 11.5 Å². The molecule has 4 rings (SSSR count). The van der Waals surface area contributed by atoms with Crippen molar-refractivity contribution in [2.45, 2.75) is 6.54 Å². The topological polar surface area (TPSA) is 70.4 Å². The van der Waals surface area contributed by atoms with Crippen LogP contribution in [0, 0.1) is 5.82 Å². The maximum absolute atomic E-state index is 13.3. The van der Waals surface area contributed by atoms with Gasteiger partial charge in [-0.25, -0.2) is 4.39 Å². The van der Waals surface area contributed by atoms with E-state index in [1.807, 2.05) is 16.7 Å². The van der Waals surface area contributed by atoms with Crippen molar-refractivity contribution in [1.82, 2.24) is 9.55 Å². The van der Waals surface area contributed by atoms with Crippen LogP contribution in [0.3, 0.4) is 0 Å². The van der Waals surface area contributed by atoms with Gasteiger partial charge in [-0.15, -0.1) is 0 Å². The third-order valence-electron chi connectivity index (χ3n) is 5.04. The molecule has 2 aromatic heterocycles. The molecule has 0 amide bonds. The molecule has 0 saturated carbocycles. The zero-order chi connectivity index (χ0) is 22.0. The van der Waals surface area contributed by atoms with Crippen molar-refractivity contribution < 1.29 is 18.7 Å². The normalized spacial score (nSPS) is 10.8. The third kappa shape index (κ3) is 3.90. The summed E-state index contributed by atoms with van der Waals surface area (Å²) in [5.41, 5.74) is 1.32. The third-order valence-corrected chi connectivity index (χ3v) is 5.04. The summed E-state index contributed by atoms with van der Waals surface area (Å²) < 4.78 is 25.8. The first-order valence-corrected chi connectivity index (χ1v) is 9.50. The summed E-state index contributed by atoms with van der Waals surface area (Å²) in [7, 11) is 2.99. The van der Waals surface area contributed by atoms with E-state index in [2.05, 4.69) is 4.98 Å². The number of carbonyl (C=O) groups excluding carboxylic acids is 1. The molecule has 31 heavy (non-hydrogen) atoms. The van der Waals surface area contributed by atoms with Crippen molar-refractivity contribution in [2.24, 2.45) is 0 Å². The van der Waals surface area contributed by atoms with Gasteiger partial charge in [0.1, 0.15) is 5.82 Å². The predicted molar refractivity (Wildman–Crippen MR) is 114 cm³/mol. The van der Waals surface area contributed by atoms with Gasteiger partial charge in [-0.05, 0) is 48.0 Å². The van der Waals surface area contributed by atoms with E-state index in [1.165, 1.54) is 44.7 Å². The summed E-state index contributed by atoms with van der Waals surface area (Å²) in [6.07, 6.45) is 4.88. The Bertz CT molecular complexity index is 1320. The lowest BCUT2D eigenvalue weighted by molar-refractivity contribution is 0.103. The van der Waals surface area contributed by atoms with E-state index in [4.69, 9.17) is 9.47 Å². The molecule has 0 fully saturated rings. The highest BCUT2D eigenvalue weighted by Gasteiger charge is 2.19. The largest absolute Gasteiger partial charge is 0.493 e.